The van der Waals surface area contributed by atoms with Crippen LogP contribution in [0.1, 0.15) is 70.4 Å². The zero-order valence-corrected chi connectivity index (χ0v) is 25.3. The Kier molecular flexibility index (Phi) is 18.3. The van der Waals surface area contributed by atoms with Crippen LogP contribution in [0.25, 0.3) is 0 Å². The van der Waals surface area contributed by atoms with Crippen molar-refractivity contribution >= 4 is 24.5 Å². The summed E-state index contributed by atoms with van der Waals surface area (Å²) < 4.78 is 16.1. The first-order valence-electron chi connectivity index (χ1n) is 14.3. The van der Waals surface area contributed by atoms with E-state index in [4.69, 9.17) is 33.4 Å². The van der Waals surface area contributed by atoms with Gasteiger partial charge in [0, 0.05) is 25.2 Å². The van der Waals surface area contributed by atoms with E-state index in [1.807, 2.05) is 72.5 Å². The molecular weight excluding hydrogens is 556 g/mol. The standard InChI is InChI=1S/C16H23NO2.C14H19NO3.2CO2/c1-3-7-15-11-10-13(2)17(15)16(18)19-12-14-8-5-4-6-9-14;1-11-8-9-13(17-2)15(11)14(16)18-10-12-6-4-3-5-7-12;2*2-1-3/h4-6,8-9,13,15H,3,7,10-12H2,1-2H3;3-7,11,13H,8-10H2,1-2H3;;/t13-,15-;11-,13?;;/m11../s1. The highest BCUT2D eigenvalue weighted by Crippen LogP contribution is 2.28. The Balaban J connectivity index is 0.000000364. The highest BCUT2D eigenvalue weighted by atomic mass is 16.6. The van der Waals surface area contributed by atoms with Gasteiger partial charge < -0.3 is 19.1 Å². The molecule has 2 heterocycles. The third kappa shape index (κ3) is 13.0. The largest absolute Gasteiger partial charge is 0.445 e. The van der Waals surface area contributed by atoms with Gasteiger partial charge in [0.2, 0.25) is 0 Å². The molecule has 2 saturated heterocycles. The molecule has 0 aliphatic carbocycles. The summed E-state index contributed by atoms with van der Waals surface area (Å²) in [5.41, 5.74) is 2.03. The van der Waals surface area contributed by atoms with Crippen molar-refractivity contribution in [2.45, 2.75) is 96.9 Å². The Morgan fingerprint density at radius 3 is 1.58 bits per heavy atom. The van der Waals surface area contributed by atoms with Crippen molar-refractivity contribution in [1.82, 2.24) is 9.80 Å². The monoisotopic (exact) mass is 598 g/mol. The molecule has 11 nitrogen and oxygen atoms in total. The Bertz CT molecular complexity index is 1120. The highest BCUT2D eigenvalue weighted by molar-refractivity contribution is 5.69. The van der Waals surface area contributed by atoms with Crippen LogP contribution in [0.2, 0.25) is 0 Å². The number of likely N-dealkylation sites (tertiary alicyclic amines) is 2. The van der Waals surface area contributed by atoms with Crippen LogP contribution < -0.4 is 0 Å². The van der Waals surface area contributed by atoms with Gasteiger partial charge in [-0.3, -0.25) is 4.90 Å². The average molecular weight is 599 g/mol. The van der Waals surface area contributed by atoms with Crippen molar-refractivity contribution in [1.29, 1.82) is 0 Å². The molecule has 2 aliphatic heterocycles. The zero-order valence-electron chi connectivity index (χ0n) is 25.3. The van der Waals surface area contributed by atoms with E-state index in [2.05, 4.69) is 13.8 Å². The van der Waals surface area contributed by atoms with Gasteiger partial charge in [-0.2, -0.15) is 19.2 Å². The molecule has 0 spiro atoms. The molecule has 2 aromatic carbocycles. The van der Waals surface area contributed by atoms with Crippen molar-refractivity contribution < 1.29 is 43.0 Å². The second kappa shape index (κ2) is 21.4. The topological polar surface area (TPSA) is 137 Å². The van der Waals surface area contributed by atoms with E-state index in [0.29, 0.717) is 25.3 Å². The van der Waals surface area contributed by atoms with Crippen LogP contribution in [-0.2, 0) is 46.6 Å². The maximum absolute atomic E-state index is 12.2. The minimum Gasteiger partial charge on any atom is -0.445 e. The molecule has 0 bridgehead atoms. The number of amides is 2. The van der Waals surface area contributed by atoms with Crippen molar-refractivity contribution in [2.24, 2.45) is 0 Å². The second-order valence-corrected chi connectivity index (χ2v) is 10.0. The predicted molar refractivity (Wildman–Crippen MR) is 154 cm³/mol. The lowest BCUT2D eigenvalue weighted by molar-refractivity contribution is -0.193. The van der Waals surface area contributed by atoms with E-state index in [-0.39, 0.29) is 36.8 Å². The number of ether oxygens (including phenoxy) is 3. The average Bonchev–Trinajstić information content (AvgIpc) is 3.58. The van der Waals surface area contributed by atoms with Crippen LogP contribution in [-0.4, -0.2) is 65.8 Å². The summed E-state index contributed by atoms with van der Waals surface area (Å²) >= 11 is 0. The van der Waals surface area contributed by atoms with Gasteiger partial charge >= 0.3 is 24.5 Å². The molecule has 0 radical (unpaired) electrons. The molecule has 0 N–H and O–H groups in total. The lowest BCUT2D eigenvalue weighted by atomic mass is 10.1. The van der Waals surface area contributed by atoms with E-state index in [1.165, 1.54) is 0 Å². The summed E-state index contributed by atoms with van der Waals surface area (Å²) in [6.45, 7) is 6.96. The molecule has 2 aliphatic rings. The van der Waals surface area contributed by atoms with Crippen molar-refractivity contribution in [3.05, 3.63) is 71.8 Å². The summed E-state index contributed by atoms with van der Waals surface area (Å²) in [5, 5.41) is 0. The fraction of sp³-hybridized carbons (Fsp3) is 0.500. The van der Waals surface area contributed by atoms with Crippen LogP contribution in [0.15, 0.2) is 60.7 Å². The lowest BCUT2D eigenvalue weighted by Crippen LogP contribution is -2.41. The summed E-state index contributed by atoms with van der Waals surface area (Å²) in [4.78, 5) is 60.4. The molecule has 0 saturated carbocycles. The molecule has 1 unspecified atom stereocenters. The van der Waals surface area contributed by atoms with Crippen molar-refractivity contribution in [3.63, 3.8) is 0 Å². The maximum atomic E-state index is 12.2. The number of nitrogens with zero attached hydrogens (tertiary/aromatic N) is 2. The minimum atomic E-state index is -0.296. The molecule has 2 fully saturated rings. The van der Waals surface area contributed by atoms with Gasteiger partial charge in [0.1, 0.15) is 19.4 Å². The fourth-order valence-electron chi connectivity index (χ4n) is 5.08. The van der Waals surface area contributed by atoms with E-state index >= 15 is 0 Å². The van der Waals surface area contributed by atoms with Gasteiger partial charge in [0.25, 0.3) is 0 Å². The number of carbonyl (C=O) groups excluding carboxylic acids is 6. The Hall–Kier alpha value is -4.30. The second-order valence-electron chi connectivity index (χ2n) is 10.0. The minimum absolute atomic E-state index is 0.150. The third-order valence-corrected chi connectivity index (χ3v) is 7.13. The lowest BCUT2D eigenvalue weighted by Gasteiger charge is -2.27. The Morgan fingerprint density at radius 2 is 1.14 bits per heavy atom. The SMILES string of the molecule is CCC[C@@H]1CC[C@@H](C)N1C(=O)OCc1ccccc1.COC1CC[C@@H](C)N1C(=O)OCc1ccccc1.O=C=O.O=C=O. The van der Waals surface area contributed by atoms with Gasteiger partial charge in [0.15, 0.2) is 0 Å². The smallest absolute Gasteiger partial charge is 0.412 e. The van der Waals surface area contributed by atoms with Crippen LogP contribution in [0.4, 0.5) is 9.59 Å². The quantitative estimate of drug-likeness (QED) is 0.399. The number of hydrogen-bond acceptors (Lipinski definition) is 9. The van der Waals surface area contributed by atoms with Gasteiger partial charge in [-0.05, 0) is 57.1 Å². The number of carbonyl (C=O) groups is 2. The van der Waals surface area contributed by atoms with E-state index in [1.54, 1.807) is 12.0 Å². The van der Waals surface area contributed by atoms with E-state index < -0.39 is 0 Å². The third-order valence-electron chi connectivity index (χ3n) is 7.13. The zero-order chi connectivity index (χ0) is 32.0. The summed E-state index contributed by atoms with van der Waals surface area (Å²) in [5.74, 6) is 0. The predicted octanol–water partition coefficient (Wildman–Crippen LogP) is 5.59. The number of benzene rings is 2. The van der Waals surface area contributed by atoms with Crippen LogP contribution in [0.3, 0.4) is 0 Å². The summed E-state index contributed by atoms with van der Waals surface area (Å²) in [7, 11) is 1.63. The summed E-state index contributed by atoms with van der Waals surface area (Å²) in [6.07, 6.45) is 6.11. The van der Waals surface area contributed by atoms with E-state index in [9.17, 15) is 9.59 Å². The maximum Gasteiger partial charge on any atom is 0.412 e. The first-order chi connectivity index (χ1) is 20.8. The van der Waals surface area contributed by atoms with Gasteiger partial charge in [-0.15, -0.1) is 0 Å². The van der Waals surface area contributed by atoms with Crippen molar-refractivity contribution in [2.75, 3.05) is 7.11 Å². The first-order valence-corrected chi connectivity index (χ1v) is 14.3. The molecule has 2 aromatic rings. The molecular formula is C32H42N2O9. The van der Waals surface area contributed by atoms with Gasteiger partial charge in [-0.25, -0.2) is 9.59 Å². The number of rotatable bonds is 7. The molecule has 11 heteroatoms. The van der Waals surface area contributed by atoms with Crippen LogP contribution in [0.5, 0.6) is 0 Å². The van der Waals surface area contributed by atoms with E-state index in [0.717, 1.165) is 49.7 Å². The highest BCUT2D eigenvalue weighted by Gasteiger charge is 2.36. The normalized spacial score (nSPS) is 20.0. The molecule has 234 valence electrons. The first kappa shape index (κ1) is 36.7. The Labute approximate surface area is 253 Å². The molecule has 2 amide bonds. The summed E-state index contributed by atoms with van der Waals surface area (Å²) in [6, 6.07) is 20.4. The molecule has 43 heavy (non-hydrogen) atoms. The number of hydrogen-bond donors (Lipinski definition) is 0. The number of methoxy groups -OCH3 is 1. The van der Waals surface area contributed by atoms with Gasteiger partial charge in [-0.1, -0.05) is 74.0 Å². The van der Waals surface area contributed by atoms with Crippen molar-refractivity contribution in [3.8, 4) is 0 Å². The Morgan fingerprint density at radius 1 is 0.721 bits per heavy atom. The van der Waals surface area contributed by atoms with Crippen LogP contribution in [0, 0.1) is 0 Å². The molecule has 4 atom stereocenters. The molecule has 4 rings (SSSR count). The fourth-order valence-corrected chi connectivity index (χ4v) is 5.08. The molecule has 0 aromatic heterocycles. The van der Waals surface area contributed by atoms with Gasteiger partial charge in [0.05, 0.1) is 0 Å². The van der Waals surface area contributed by atoms with Crippen LogP contribution >= 0.6 is 0 Å².